The van der Waals surface area contributed by atoms with Gasteiger partial charge in [0.1, 0.15) is 0 Å². The molecule has 0 spiro atoms. The number of carbonyl (C=O) groups excluding carboxylic acids is 1. The lowest BCUT2D eigenvalue weighted by atomic mass is 10.1. The molecule has 0 aliphatic heterocycles. The van der Waals surface area contributed by atoms with Gasteiger partial charge in [0, 0.05) is 58.0 Å². The van der Waals surface area contributed by atoms with Crippen LogP contribution in [0.25, 0.3) is 33.2 Å². The Kier molecular flexibility index (Phi) is 5.53. The van der Waals surface area contributed by atoms with Gasteiger partial charge in [-0.05, 0) is 63.1 Å². The smallest absolute Gasteiger partial charge is 0.237 e. The number of hydrogen-bond acceptors (Lipinski definition) is 5. The molecule has 1 N–H and O–H groups in total. The number of hydrogen-bond donors (Lipinski definition) is 1. The third kappa shape index (κ3) is 3.97. The van der Waals surface area contributed by atoms with E-state index in [9.17, 15) is 4.79 Å². The second-order valence-corrected chi connectivity index (χ2v) is 10.2. The van der Waals surface area contributed by atoms with Crippen molar-refractivity contribution in [2.24, 2.45) is 0 Å². The quantitative estimate of drug-likeness (QED) is 0.291. The standard InChI is InChI=1S/C27H26N6OS/c1-3-32-23-9-5-4-8-21(23)22-15-19(10-13-24(22)32)29-26(34)17(2)35-27-31-30-25(33(27)20-11-12-20)18-7-6-14-28-16-18/h4-10,13-17,20H,3,11-12H2,1-2H3,(H,29,34). The Hall–Kier alpha value is -3.65. The molecule has 1 fully saturated rings. The summed E-state index contributed by atoms with van der Waals surface area (Å²) in [4.78, 5) is 17.4. The first-order valence-corrected chi connectivity index (χ1v) is 12.9. The van der Waals surface area contributed by atoms with E-state index in [1.54, 1.807) is 12.4 Å². The van der Waals surface area contributed by atoms with Gasteiger partial charge < -0.3 is 9.88 Å². The summed E-state index contributed by atoms with van der Waals surface area (Å²) in [6.45, 7) is 4.96. The number of carbonyl (C=O) groups is 1. The van der Waals surface area contributed by atoms with E-state index in [4.69, 9.17) is 0 Å². The first-order valence-electron chi connectivity index (χ1n) is 12.0. The Morgan fingerprint density at radius 1 is 1.09 bits per heavy atom. The van der Waals surface area contributed by atoms with Gasteiger partial charge >= 0.3 is 0 Å². The zero-order valence-electron chi connectivity index (χ0n) is 19.7. The number of rotatable bonds is 7. The fourth-order valence-electron chi connectivity index (χ4n) is 4.64. The molecule has 0 bridgehead atoms. The predicted octanol–water partition coefficient (Wildman–Crippen LogP) is 5.92. The maximum absolute atomic E-state index is 13.1. The highest BCUT2D eigenvalue weighted by Gasteiger charge is 2.31. The Bertz CT molecular complexity index is 1540. The van der Waals surface area contributed by atoms with E-state index < -0.39 is 0 Å². The van der Waals surface area contributed by atoms with E-state index in [0.717, 1.165) is 47.0 Å². The number of amides is 1. The summed E-state index contributed by atoms with van der Waals surface area (Å²) in [5.41, 5.74) is 4.12. The SMILES string of the molecule is CCn1c2ccccc2c2cc(NC(=O)C(C)Sc3nnc(-c4cccnc4)n3C3CC3)ccc21. The Morgan fingerprint density at radius 2 is 1.91 bits per heavy atom. The fourth-order valence-corrected chi connectivity index (χ4v) is 5.56. The van der Waals surface area contributed by atoms with Gasteiger partial charge in [0.15, 0.2) is 11.0 Å². The van der Waals surface area contributed by atoms with Gasteiger partial charge in [-0.1, -0.05) is 30.0 Å². The molecule has 7 nitrogen and oxygen atoms in total. The fraction of sp³-hybridized carbons (Fsp3) is 0.259. The molecule has 3 heterocycles. The average molecular weight is 483 g/mol. The maximum atomic E-state index is 13.1. The number of nitrogens with one attached hydrogen (secondary N) is 1. The van der Waals surface area contributed by atoms with Gasteiger partial charge in [-0.15, -0.1) is 10.2 Å². The minimum atomic E-state index is -0.328. The number of pyridine rings is 1. The van der Waals surface area contributed by atoms with Crippen LogP contribution in [0.3, 0.4) is 0 Å². The van der Waals surface area contributed by atoms with Crippen molar-refractivity contribution in [3.05, 3.63) is 67.0 Å². The van der Waals surface area contributed by atoms with Crippen LogP contribution < -0.4 is 5.32 Å². The number of thioether (sulfide) groups is 1. The lowest BCUT2D eigenvalue weighted by Gasteiger charge is -2.13. The number of anilines is 1. The summed E-state index contributed by atoms with van der Waals surface area (Å²) in [5, 5.41) is 14.8. The van der Waals surface area contributed by atoms with Gasteiger partial charge in [0.2, 0.25) is 5.91 Å². The van der Waals surface area contributed by atoms with Crippen LogP contribution >= 0.6 is 11.8 Å². The summed E-state index contributed by atoms with van der Waals surface area (Å²) in [7, 11) is 0. The molecule has 3 aromatic heterocycles. The van der Waals surface area contributed by atoms with E-state index in [-0.39, 0.29) is 11.2 Å². The molecular weight excluding hydrogens is 456 g/mol. The second kappa shape index (κ2) is 8.85. The summed E-state index contributed by atoms with van der Waals surface area (Å²) in [6.07, 6.45) is 5.76. The summed E-state index contributed by atoms with van der Waals surface area (Å²) in [5.74, 6) is 0.760. The largest absolute Gasteiger partial charge is 0.341 e. The Morgan fingerprint density at radius 3 is 2.69 bits per heavy atom. The minimum Gasteiger partial charge on any atom is -0.341 e. The highest BCUT2D eigenvalue weighted by Crippen LogP contribution is 2.41. The van der Waals surface area contributed by atoms with Crippen molar-refractivity contribution in [2.45, 2.75) is 49.7 Å². The normalized spacial score (nSPS) is 14.5. The first-order chi connectivity index (χ1) is 17.1. The number of para-hydroxylation sites is 1. The molecular formula is C27H26N6OS. The van der Waals surface area contributed by atoms with Crippen molar-refractivity contribution < 1.29 is 4.79 Å². The van der Waals surface area contributed by atoms with Crippen LogP contribution in [0.4, 0.5) is 5.69 Å². The summed E-state index contributed by atoms with van der Waals surface area (Å²) in [6, 6.07) is 18.8. The summed E-state index contributed by atoms with van der Waals surface area (Å²) >= 11 is 1.45. The molecule has 176 valence electrons. The predicted molar refractivity (Wildman–Crippen MR) is 141 cm³/mol. The van der Waals surface area contributed by atoms with E-state index >= 15 is 0 Å². The zero-order valence-corrected chi connectivity index (χ0v) is 20.5. The van der Waals surface area contributed by atoms with Crippen LogP contribution in [0.2, 0.25) is 0 Å². The Balaban J connectivity index is 1.24. The number of aryl methyl sites for hydroxylation is 1. The van der Waals surface area contributed by atoms with Crippen molar-refractivity contribution in [1.29, 1.82) is 0 Å². The van der Waals surface area contributed by atoms with E-state index in [0.29, 0.717) is 6.04 Å². The third-order valence-electron chi connectivity index (χ3n) is 6.50. The van der Waals surface area contributed by atoms with Crippen LogP contribution in [0.5, 0.6) is 0 Å². The van der Waals surface area contributed by atoms with Crippen molar-refractivity contribution >= 4 is 45.2 Å². The lowest BCUT2D eigenvalue weighted by Crippen LogP contribution is -2.23. The maximum Gasteiger partial charge on any atom is 0.237 e. The highest BCUT2D eigenvalue weighted by atomic mass is 32.2. The molecule has 1 saturated carbocycles. The molecule has 2 aromatic carbocycles. The zero-order chi connectivity index (χ0) is 23.9. The second-order valence-electron chi connectivity index (χ2n) is 8.89. The van der Waals surface area contributed by atoms with Crippen molar-refractivity contribution in [1.82, 2.24) is 24.3 Å². The number of nitrogens with zero attached hydrogens (tertiary/aromatic N) is 5. The lowest BCUT2D eigenvalue weighted by molar-refractivity contribution is -0.115. The topological polar surface area (TPSA) is 77.6 Å². The van der Waals surface area contributed by atoms with E-state index in [1.165, 1.54) is 28.2 Å². The first kappa shape index (κ1) is 21.9. The third-order valence-corrected chi connectivity index (χ3v) is 7.56. The number of aromatic nitrogens is 5. The van der Waals surface area contributed by atoms with Crippen molar-refractivity contribution in [3.8, 4) is 11.4 Å². The van der Waals surface area contributed by atoms with Crippen LogP contribution in [-0.2, 0) is 11.3 Å². The minimum absolute atomic E-state index is 0.0538. The molecule has 5 aromatic rings. The molecule has 1 aliphatic rings. The van der Waals surface area contributed by atoms with Crippen LogP contribution in [-0.4, -0.2) is 35.5 Å². The van der Waals surface area contributed by atoms with Crippen LogP contribution in [0.15, 0.2) is 72.1 Å². The molecule has 1 aliphatic carbocycles. The molecule has 0 radical (unpaired) electrons. The molecule has 8 heteroatoms. The average Bonchev–Trinajstić information content (AvgIpc) is 3.57. The van der Waals surface area contributed by atoms with Crippen molar-refractivity contribution in [3.63, 3.8) is 0 Å². The van der Waals surface area contributed by atoms with E-state index in [1.807, 2.05) is 25.1 Å². The Labute approximate surface area is 207 Å². The van der Waals surface area contributed by atoms with E-state index in [2.05, 4.69) is 73.0 Å². The molecule has 1 atom stereocenters. The number of benzene rings is 2. The molecule has 1 unspecified atom stereocenters. The molecule has 0 saturated heterocycles. The van der Waals surface area contributed by atoms with Gasteiger partial charge in [-0.25, -0.2) is 0 Å². The summed E-state index contributed by atoms with van der Waals surface area (Å²) < 4.78 is 4.47. The molecule has 6 rings (SSSR count). The van der Waals surface area contributed by atoms with Gasteiger partial charge in [0.05, 0.1) is 5.25 Å². The van der Waals surface area contributed by atoms with Gasteiger partial charge in [-0.3, -0.25) is 14.3 Å². The monoisotopic (exact) mass is 482 g/mol. The van der Waals surface area contributed by atoms with Gasteiger partial charge in [0.25, 0.3) is 0 Å². The molecule has 35 heavy (non-hydrogen) atoms. The molecule has 1 amide bonds. The van der Waals surface area contributed by atoms with Gasteiger partial charge in [-0.2, -0.15) is 0 Å². The van der Waals surface area contributed by atoms with Crippen LogP contribution in [0.1, 0.15) is 32.7 Å². The number of fused-ring (bicyclic) bond motifs is 3. The highest BCUT2D eigenvalue weighted by molar-refractivity contribution is 8.00. The van der Waals surface area contributed by atoms with Crippen LogP contribution in [0, 0.1) is 0 Å². The van der Waals surface area contributed by atoms with Crippen molar-refractivity contribution in [2.75, 3.05) is 5.32 Å².